The molecule has 3 unspecified atom stereocenters. The fourth-order valence-corrected chi connectivity index (χ4v) is 6.18. The largest absolute Gasteiger partial charge is 0.464 e. The van der Waals surface area contributed by atoms with E-state index in [2.05, 4.69) is 11.9 Å². The van der Waals surface area contributed by atoms with Crippen LogP contribution in [-0.4, -0.2) is 34.8 Å². The van der Waals surface area contributed by atoms with E-state index < -0.39 is 22.7 Å². The average molecular weight is 513 g/mol. The van der Waals surface area contributed by atoms with Gasteiger partial charge in [0, 0.05) is 57.5 Å². The summed E-state index contributed by atoms with van der Waals surface area (Å²) in [6, 6.07) is 8.91. The van der Waals surface area contributed by atoms with Crippen LogP contribution in [0, 0.1) is 23.0 Å². The first-order valence-corrected chi connectivity index (χ1v) is 13.6. The summed E-state index contributed by atoms with van der Waals surface area (Å²) in [5.41, 5.74) is 2.72. The first-order chi connectivity index (χ1) is 16.8. The van der Waals surface area contributed by atoms with Crippen LogP contribution in [0.4, 0.5) is 5.69 Å². The Balaban J connectivity index is 1.77. The molecule has 0 saturated carbocycles. The number of nitrogens with one attached hydrogen (secondary N) is 1. The molecule has 0 bridgehead atoms. The normalized spacial score (nSPS) is 21.9. The minimum atomic E-state index is -0.857. The topological polar surface area (TPSA) is 98.5 Å². The van der Waals surface area contributed by atoms with E-state index in [4.69, 9.17) is 4.74 Å². The van der Waals surface area contributed by atoms with Gasteiger partial charge in [-0.2, -0.15) is 11.8 Å². The third-order valence-corrected chi connectivity index (χ3v) is 8.40. The number of carbonyl (C=O) groups is 2. The van der Waals surface area contributed by atoms with E-state index in [0.717, 1.165) is 16.3 Å². The molecule has 1 aromatic carbocycles. The first-order valence-electron chi connectivity index (χ1n) is 11.6. The lowest BCUT2D eigenvalue weighted by molar-refractivity contribution is -0.385. The van der Waals surface area contributed by atoms with Crippen LogP contribution < -0.4 is 5.32 Å². The molecule has 3 atom stereocenters. The lowest BCUT2D eigenvalue weighted by Crippen LogP contribution is -2.42. The van der Waals surface area contributed by atoms with Crippen molar-refractivity contribution < 1.29 is 19.2 Å². The SMILES string of the molecule is C=C1NC2=C(C(=O)CC(c3cccs3)C2)C(c2ccc(C)c([N+](=O)[O-])c2)C1C(=O)OCCSCC. The Kier molecular flexibility index (Phi) is 7.76. The third-order valence-electron chi connectivity index (χ3n) is 6.50. The number of hydrogen-bond acceptors (Lipinski definition) is 8. The van der Waals surface area contributed by atoms with E-state index >= 15 is 0 Å². The van der Waals surface area contributed by atoms with E-state index in [9.17, 15) is 19.7 Å². The van der Waals surface area contributed by atoms with Crippen molar-refractivity contribution in [3.8, 4) is 0 Å². The van der Waals surface area contributed by atoms with Gasteiger partial charge < -0.3 is 10.1 Å². The Labute approximate surface area is 212 Å². The van der Waals surface area contributed by atoms with Crippen LogP contribution in [-0.2, 0) is 14.3 Å². The van der Waals surface area contributed by atoms with Gasteiger partial charge in [0.15, 0.2) is 5.78 Å². The monoisotopic (exact) mass is 512 g/mol. The molecule has 2 aliphatic rings. The number of benzene rings is 1. The van der Waals surface area contributed by atoms with Crippen LogP contribution in [0.3, 0.4) is 0 Å². The third kappa shape index (κ3) is 5.21. The van der Waals surface area contributed by atoms with Gasteiger partial charge in [-0.05, 0) is 36.1 Å². The number of ether oxygens (including phenoxy) is 1. The average Bonchev–Trinajstić information content (AvgIpc) is 3.36. The van der Waals surface area contributed by atoms with Gasteiger partial charge in [0.05, 0.1) is 4.92 Å². The standard InChI is InChI=1S/C26H28N2O5S2/c1-4-34-11-9-33-26(30)23-16(3)27-19-12-18(22-6-5-10-35-22)14-21(29)25(19)24(23)17-8-7-15(2)20(13-17)28(31)32/h5-8,10,13,18,23-24,27H,3-4,9,11-12,14H2,1-2H3. The summed E-state index contributed by atoms with van der Waals surface area (Å²) in [5, 5.41) is 16.9. The molecule has 1 aromatic heterocycles. The molecule has 184 valence electrons. The molecular formula is C26H28N2O5S2. The number of nitrogens with zero attached hydrogens (tertiary/aromatic N) is 1. The molecular weight excluding hydrogens is 484 g/mol. The summed E-state index contributed by atoms with van der Waals surface area (Å²) in [7, 11) is 0. The van der Waals surface area contributed by atoms with Crippen LogP contribution in [0.1, 0.15) is 47.6 Å². The molecule has 1 aliphatic heterocycles. The number of carbonyl (C=O) groups excluding carboxylic acids is 2. The van der Waals surface area contributed by atoms with Crippen LogP contribution in [0.5, 0.6) is 0 Å². The maximum absolute atomic E-state index is 13.6. The minimum absolute atomic E-state index is 0.0417. The van der Waals surface area contributed by atoms with Crippen molar-refractivity contribution in [2.75, 3.05) is 18.1 Å². The van der Waals surface area contributed by atoms with E-state index in [1.165, 1.54) is 6.07 Å². The molecule has 0 spiro atoms. The molecule has 7 nitrogen and oxygen atoms in total. The number of aryl methyl sites for hydroxylation is 1. The van der Waals surface area contributed by atoms with Gasteiger partial charge in [-0.3, -0.25) is 19.7 Å². The second-order valence-corrected chi connectivity index (χ2v) is 11.1. The number of hydrogen-bond donors (Lipinski definition) is 1. The second kappa shape index (κ2) is 10.8. The molecule has 0 saturated heterocycles. The number of allylic oxidation sites excluding steroid dienone is 2. The Bertz CT molecular complexity index is 1190. The van der Waals surface area contributed by atoms with Gasteiger partial charge in [-0.15, -0.1) is 11.3 Å². The molecule has 0 radical (unpaired) electrons. The van der Waals surface area contributed by atoms with E-state index in [0.29, 0.717) is 41.0 Å². The fraction of sp³-hybridized carbons (Fsp3) is 0.385. The lowest BCUT2D eigenvalue weighted by Gasteiger charge is -2.39. The van der Waals surface area contributed by atoms with E-state index in [-0.39, 0.29) is 24.0 Å². The molecule has 1 N–H and O–H groups in total. The number of nitro benzene ring substituents is 1. The molecule has 35 heavy (non-hydrogen) atoms. The van der Waals surface area contributed by atoms with Crippen LogP contribution in [0.2, 0.25) is 0 Å². The highest BCUT2D eigenvalue weighted by atomic mass is 32.2. The van der Waals surface area contributed by atoms with Crippen LogP contribution in [0.15, 0.2) is 59.3 Å². The molecule has 4 rings (SSSR count). The summed E-state index contributed by atoms with van der Waals surface area (Å²) in [6.07, 6.45) is 0.937. The van der Waals surface area contributed by atoms with Crippen molar-refractivity contribution >= 4 is 40.5 Å². The Morgan fingerprint density at radius 3 is 2.83 bits per heavy atom. The van der Waals surface area contributed by atoms with Crippen molar-refractivity contribution in [2.24, 2.45) is 5.92 Å². The fourth-order valence-electron chi connectivity index (χ4n) is 4.86. The van der Waals surface area contributed by atoms with Gasteiger partial charge >= 0.3 is 5.97 Å². The predicted octanol–water partition coefficient (Wildman–Crippen LogP) is 5.48. The molecule has 2 heterocycles. The summed E-state index contributed by atoms with van der Waals surface area (Å²) in [5.74, 6) is -0.453. The molecule has 9 heteroatoms. The summed E-state index contributed by atoms with van der Waals surface area (Å²) in [6.45, 7) is 8.08. The minimum Gasteiger partial charge on any atom is -0.464 e. The zero-order valence-corrected chi connectivity index (χ0v) is 21.4. The summed E-state index contributed by atoms with van der Waals surface area (Å²) < 4.78 is 5.58. The van der Waals surface area contributed by atoms with Crippen molar-refractivity contribution in [1.29, 1.82) is 0 Å². The molecule has 2 aromatic rings. The first kappa shape index (κ1) is 25.2. The quantitative estimate of drug-likeness (QED) is 0.216. The van der Waals surface area contributed by atoms with Gasteiger partial charge in [-0.1, -0.05) is 31.7 Å². The number of ketones is 1. The van der Waals surface area contributed by atoms with Crippen molar-refractivity contribution in [1.82, 2.24) is 5.32 Å². The highest BCUT2D eigenvalue weighted by Crippen LogP contribution is 2.48. The number of nitro groups is 1. The van der Waals surface area contributed by atoms with Crippen molar-refractivity contribution in [3.05, 3.63) is 85.4 Å². The van der Waals surface area contributed by atoms with E-state index in [1.54, 1.807) is 42.2 Å². The van der Waals surface area contributed by atoms with E-state index in [1.807, 2.05) is 24.4 Å². The van der Waals surface area contributed by atoms with Crippen molar-refractivity contribution in [2.45, 2.75) is 38.5 Å². The second-order valence-electron chi connectivity index (χ2n) is 8.71. The maximum atomic E-state index is 13.6. The summed E-state index contributed by atoms with van der Waals surface area (Å²) in [4.78, 5) is 39.2. The smallest absolute Gasteiger partial charge is 0.315 e. The number of thiophene rings is 1. The number of thioether (sulfide) groups is 1. The summed E-state index contributed by atoms with van der Waals surface area (Å²) >= 11 is 3.28. The van der Waals surface area contributed by atoms with Gasteiger partial charge in [0.1, 0.15) is 12.5 Å². The maximum Gasteiger partial charge on any atom is 0.315 e. The highest BCUT2D eigenvalue weighted by Gasteiger charge is 2.46. The van der Waals surface area contributed by atoms with Gasteiger partial charge in [0.25, 0.3) is 5.69 Å². The number of esters is 1. The van der Waals surface area contributed by atoms with Crippen LogP contribution in [0.25, 0.3) is 0 Å². The molecule has 0 amide bonds. The predicted molar refractivity (Wildman–Crippen MR) is 139 cm³/mol. The lowest BCUT2D eigenvalue weighted by atomic mass is 9.69. The highest BCUT2D eigenvalue weighted by molar-refractivity contribution is 7.99. The number of Topliss-reactive ketones (excluding diaryl/α,β-unsaturated/α-hetero) is 1. The Morgan fingerprint density at radius 1 is 1.34 bits per heavy atom. The van der Waals surface area contributed by atoms with Gasteiger partial charge in [0.2, 0.25) is 0 Å². The molecule has 1 aliphatic carbocycles. The van der Waals surface area contributed by atoms with Gasteiger partial charge in [-0.25, -0.2) is 0 Å². The Hall–Kier alpha value is -2.91. The zero-order valence-electron chi connectivity index (χ0n) is 19.7. The van der Waals surface area contributed by atoms with Crippen molar-refractivity contribution in [3.63, 3.8) is 0 Å². The number of rotatable bonds is 8. The molecule has 0 fully saturated rings. The Morgan fingerprint density at radius 2 is 2.14 bits per heavy atom. The zero-order chi connectivity index (χ0) is 25.1. The van der Waals surface area contributed by atoms with Crippen LogP contribution >= 0.6 is 23.1 Å².